The van der Waals surface area contributed by atoms with Crippen molar-refractivity contribution in [2.75, 3.05) is 13.2 Å². The van der Waals surface area contributed by atoms with Crippen molar-refractivity contribution in [1.82, 2.24) is 0 Å². The quantitative estimate of drug-likeness (QED) is 0.0594. The van der Waals surface area contributed by atoms with Crippen LogP contribution in [0.25, 0.3) is 0 Å². The average Bonchev–Trinajstić information content (AvgIpc) is 3.79. The summed E-state index contributed by atoms with van der Waals surface area (Å²) in [6, 6.07) is 37.7. The molecule has 4 aromatic carbocycles. The van der Waals surface area contributed by atoms with E-state index >= 15 is 0 Å². The summed E-state index contributed by atoms with van der Waals surface area (Å²) < 4.78 is 67.4. The van der Waals surface area contributed by atoms with E-state index < -0.39 is 73.3 Å². The van der Waals surface area contributed by atoms with Gasteiger partial charge in [0.05, 0.1) is 43.2 Å². The first-order valence-electron chi connectivity index (χ1n) is 27.7. The highest BCUT2D eigenvalue weighted by molar-refractivity contribution is 6.79. The monoisotopic (exact) mass is 1210 g/mol. The SMILES string of the molecule is C.C=CCOc1ccc(C(C)(C)c2ccccc2)cc1.CC.CC.CC.CC.CC1O[SiH](O)O[SiH]2OC1C(C)O[SiH](O)O2.CC1O[Si](C)(O)O[Si]2(C)OC1C(C)O[Si](O)(CCCOc1ccc(C(C)(C)c3ccccc3)cc1)O2. The Morgan fingerprint density at radius 2 is 0.949 bits per heavy atom. The fraction of sp³-hybridized carbons (Fsp3) is 0.544. The maximum absolute atomic E-state index is 11.3. The topological polar surface area (TPSA) is 192 Å². The van der Waals surface area contributed by atoms with Crippen molar-refractivity contribution in [2.45, 2.75) is 191 Å². The maximum Gasteiger partial charge on any atom is 0.491 e. The lowest BCUT2D eigenvalue weighted by molar-refractivity contribution is -0.0203. The van der Waals surface area contributed by atoms with E-state index in [0.29, 0.717) is 19.6 Å². The molecule has 448 valence electrons. The van der Waals surface area contributed by atoms with E-state index in [1.54, 1.807) is 26.5 Å². The maximum atomic E-state index is 11.3. The molecule has 4 saturated heterocycles. The van der Waals surface area contributed by atoms with Crippen LogP contribution in [0, 0.1) is 0 Å². The Balaban J connectivity index is 0.000000609. The Morgan fingerprint density at radius 3 is 1.38 bits per heavy atom. The molecule has 10 unspecified atom stereocenters. The lowest BCUT2D eigenvalue weighted by atomic mass is 9.78. The van der Waals surface area contributed by atoms with E-state index in [9.17, 15) is 19.2 Å². The minimum Gasteiger partial charge on any atom is -0.494 e. The van der Waals surface area contributed by atoms with Gasteiger partial charge in [0.2, 0.25) is 0 Å². The Kier molecular flexibility index (Phi) is 33.6. The van der Waals surface area contributed by atoms with Gasteiger partial charge in [0.1, 0.15) is 18.1 Å². The Hall–Kier alpha value is -3.04. The van der Waals surface area contributed by atoms with Crippen LogP contribution in [0.1, 0.15) is 147 Å². The smallest absolute Gasteiger partial charge is 0.491 e. The summed E-state index contributed by atoms with van der Waals surface area (Å²) in [5.74, 6) is 1.65. The highest BCUT2D eigenvalue weighted by Gasteiger charge is 2.61. The third-order valence-corrected chi connectivity index (χ3v) is 27.0. The van der Waals surface area contributed by atoms with E-state index in [1.807, 2.05) is 106 Å². The molecule has 4 N–H and O–H groups in total. The lowest BCUT2D eigenvalue weighted by Gasteiger charge is -2.33. The van der Waals surface area contributed by atoms with Crippen molar-refractivity contribution in [3.05, 3.63) is 144 Å². The van der Waals surface area contributed by atoms with Crippen molar-refractivity contribution in [2.24, 2.45) is 0 Å². The summed E-state index contributed by atoms with van der Waals surface area (Å²) in [5, 5.41) is 0. The van der Waals surface area contributed by atoms with Crippen molar-refractivity contribution in [1.29, 1.82) is 0 Å². The van der Waals surface area contributed by atoms with E-state index in [4.69, 9.17) is 52.5 Å². The molecule has 10 atom stereocenters. The van der Waals surface area contributed by atoms with Crippen molar-refractivity contribution < 1.29 is 71.7 Å². The number of benzene rings is 4. The van der Waals surface area contributed by atoms with Gasteiger partial charge in [-0.05, 0) is 80.6 Å². The van der Waals surface area contributed by atoms with Gasteiger partial charge in [-0.3, -0.25) is 0 Å². The second-order valence-electron chi connectivity index (χ2n) is 18.9. The first kappa shape index (κ1) is 74.0. The van der Waals surface area contributed by atoms with Gasteiger partial charge in [-0.25, -0.2) is 0 Å². The second-order valence-corrected chi connectivity index (χ2v) is 31.5. The number of ether oxygens (including phenoxy) is 2. The van der Waals surface area contributed by atoms with Gasteiger partial charge in [0.25, 0.3) is 0 Å². The van der Waals surface area contributed by atoms with Crippen molar-refractivity contribution in [3.8, 4) is 11.5 Å². The number of fused-ring (bicyclic) bond motifs is 4. The van der Waals surface area contributed by atoms with Crippen molar-refractivity contribution in [3.63, 3.8) is 0 Å². The van der Waals surface area contributed by atoms with Crippen LogP contribution in [0.5, 0.6) is 11.5 Å². The highest BCUT2D eigenvalue weighted by atomic mass is 28.5. The Morgan fingerprint density at radius 1 is 0.544 bits per heavy atom. The molecule has 0 aromatic heterocycles. The minimum absolute atomic E-state index is 0. The molecule has 4 aliphatic rings. The lowest BCUT2D eigenvalue weighted by Crippen LogP contribution is -2.58. The van der Waals surface area contributed by atoms with Crippen LogP contribution in [-0.2, 0) is 53.8 Å². The fourth-order valence-electron chi connectivity index (χ4n) is 8.67. The standard InChI is InChI=1S/C25H38O8Si3.C18H20O.C5H14O7Si3.4C2H6.CH4/c1-19-24-20(2)30-36(27,33-35(6,31-24)32-34(5,26)29-19)18-10-17-28-23-15-13-22(14-16-23)25(3,4)21-11-8-7-9-12-21;1-4-14-19-17-12-10-16(11-13-17)18(2,3)15-8-6-5-7-9-15;1-3-5-4(2)9-14(7)12-15(10-5)11-13(6)8-3;4*1-2;/h7-9,11-16,19-20,24,26-27H,10,17-18H2,1-6H3;4-13H,1,14H2,2-3H3;3-7,13-15H,1-2H3;4*1-2H3;1H4. The summed E-state index contributed by atoms with van der Waals surface area (Å²) in [5.41, 5.74) is 4.94. The fourth-order valence-corrected chi connectivity index (χ4v) is 23.7. The molecule has 79 heavy (non-hydrogen) atoms. The zero-order chi connectivity index (χ0) is 58.9. The molecule has 0 aliphatic carbocycles. The van der Waals surface area contributed by atoms with Crippen LogP contribution < -0.4 is 9.47 Å². The molecule has 0 radical (unpaired) electrons. The van der Waals surface area contributed by atoms with Gasteiger partial charge in [-0.2, -0.15) is 0 Å². The predicted octanol–water partition coefficient (Wildman–Crippen LogP) is 10.8. The van der Waals surface area contributed by atoms with E-state index in [-0.39, 0.29) is 42.6 Å². The van der Waals surface area contributed by atoms with Crippen LogP contribution >= 0.6 is 0 Å². The van der Waals surface area contributed by atoms with Crippen LogP contribution in [-0.4, -0.2) is 124 Å². The highest BCUT2D eigenvalue weighted by Crippen LogP contribution is 2.37. The minimum atomic E-state index is -3.64. The normalized spacial score (nSPS) is 28.8. The Labute approximate surface area is 484 Å². The molecule has 0 amide bonds. The second kappa shape index (κ2) is 35.8. The van der Waals surface area contributed by atoms with Crippen molar-refractivity contribution >= 4 is 55.0 Å². The molecule has 8 rings (SSSR count). The van der Waals surface area contributed by atoms with Gasteiger partial charge >= 0.3 is 55.0 Å². The third kappa shape index (κ3) is 22.9. The summed E-state index contributed by atoms with van der Waals surface area (Å²) in [6.07, 6.45) is -0.128. The van der Waals surface area contributed by atoms with Gasteiger partial charge in [-0.1, -0.05) is 188 Å². The molecule has 22 heteroatoms. The molecule has 0 spiro atoms. The zero-order valence-corrected chi connectivity index (χ0v) is 56.4. The predicted molar refractivity (Wildman–Crippen MR) is 328 cm³/mol. The summed E-state index contributed by atoms with van der Waals surface area (Å²) in [4.78, 5) is 40.8. The molecule has 4 aromatic rings. The first-order chi connectivity index (χ1) is 37.0. The molecule has 4 fully saturated rings. The summed E-state index contributed by atoms with van der Waals surface area (Å²) in [6.45, 7) is 39.9. The van der Waals surface area contributed by atoms with Gasteiger partial charge in [0.15, 0.2) is 0 Å². The van der Waals surface area contributed by atoms with E-state index in [0.717, 1.165) is 11.5 Å². The third-order valence-electron chi connectivity index (χ3n) is 12.5. The number of rotatable bonds is 12. The van der Waals surface area contributed by atoms with Gasteiger partial charge < -0.3 is 71.7 Å². The molecule has 16 nitrogen and oxygen atoms in total. The molecule has 0 saturated carbocycles. The average molecular weight is 1210 g/mol. The van der Waals surface area contributed by atoms with E-state index in [1.165, 1.54) is 28.8 Å². The van der Waals surface area contributed by atoms with Crippen LogP contribution in [0.3, 0.4) is 0 Å². The molecule has 4 aliphatic heterocycles. The van der Waals surface area contributed by atoms with Crippen LogP contribution in [0.2, 0.25) is 19.1 Å². The Bertz CT molecular complexity index is 2220. The molecule has 4 bridgehead atoms. The number of hydrogen-bond donors (Lipinski definition) is 4. The summed E-state index contributed by atoms with van der Waals surface area (Å²) in [7, 11) is -18.3. The zero-order valence-electron chi connectivity index (χ0n) is 49.9. The van der Waals surface area contributed by atoms with Gasteiger partial charge in [0, 0.05) is 30.0 Å². The number of hydrogen-bond acceptors (Lipinski definition) is 16. The first-order valence-corrected chi connectivity index (χ1v) is 38.5. The van der Waals surface area contributed by atoms with Crippen LogP contribution in [0.4, 0.5) is 0 Å². The van der Waals surface area contributed by atoms with Gasteiger partial charge in [-0.15, -0.1) is 0 Å². The molecular formula is C57H100O16Si6. The largest absolute Gasteiger partial charge is 0.494 e. The van der Waals surface area contributed by atoms with E-state index in [2.05, 4.69) is 107 Å². The molecular weight excluding hydrogens is 1110 g/mol. The molecule has 4 heterocycles. The van der Waals surface area contributed by atoms with Crippen LogP contribution in [0.15, 0.2) is 122 Å². The summed E-state index contributed by atoms with van der Waals surface area (Å²) >= 11 is 0.